The van der Waals surface area contributed by atoms with Crippen LogP contribution in [0.2, 0.25) is 5.15 Å². The summed E-state index contributed by atoms with van der Waals surface area (Å²) in [5.41, 5.74) is 4.69. The first-order chi connectivity index (χ1) is 9.76. The Morgan fingerprint density at radius 3 is 2.60 bits per heavy atom. The number of aromatic nitrogens is 4. The molecule has 0 fully saturated rings. The summed E-state index contributed by atoms with van der Waals surface area (Å²) in [5.74, 6) is 0. The van der Waals surface area contributed by atoms with Gasteiger partial charge in [0, 0.05) is 23.9 Å². The predicted octanol–water partition coefficient (Wildman–Crippen LogP) is 3.23. The highest BCUT2D eigenvalue weighted by atomic mass is 35.5. The van der Waals surface area contributed by atoms with E-state index in [9.17, 15) is 0 Å². The summed E-state index contributed by atoms with van der Waals surface area (Å²) in [5, 5.41) is 18.3. The fourth-order valence-electron chi connectivity index (χ4n) is 1.91. The van der Waals surface area contributed by atoms with E-state index in [1.165, 1.54) is 0 Å². The first-order valence-electron chi connectivity index (χ1n) is 6.08. The lowest BCUT2D eigenvalue weighted by molar-refractivity contribution is 1.03. The minimum Gasteiger partial charge on any atom is -0.388 e. The maximum absolute atomic E-state index is 5.84. The van der Waals surface area contributed by atoms with Gasteiger partial charge in [0.1, 0.15) is 0 Å². The Bertz CT molecular complexity index is 720. The van der Waals surface area contributed by atoms with Gasteiger partial charge in [0.25, 0.3) is 0 Å². The molecule has 0 saturated carbocycles. The molecule has 1 aromatic carbocycles. The van der Waals surface area contributed by atoms with Gasteiger partial charge in [0.05, 0.1) is 17.6 Å². The molecule has 0 spiro atoms. The van der Waals surface area contributed by atoms with Crippen molar-refractivity contribution >= 4 is 17.3 Å². The molecule has 20 heavy (non-hydrogen) atoms. The highest BCUT2D eigenvalue weighted by molar-refractivity contribution is 6.29. The van der Waals surface area contributed by atoms with Crippen molar-refractivity contribution in [3.63, 3.8) is 0 Å². The van der Waals surface area contributed by atoms with Gasteiger partial charge in [-0.3, -0.25) is 5.10 Å². The van der Waals surface area contributed by atoms with E-state index in [0.717, 1.165) is 28.2 Å². The third kappa shape index (κ3) is 2.48. The summed E-state index contributed by atoms with van der Waals surface area (Å²) in [6, 6.07) is 11.8. The van der Waals surface area contributed by atoms with Crippen molar-refractivity contribution in [3.05, 3.63) is 47.7 Å². The van der Waals surface area contributed by atoms with Crippen LogP contribution in [0.5, 0.6) is 0 Å². The number of nitrogens with one attached hydrogen (secondary N) is 2. The summed E-state index contributed by atoms with van der Waals surface area (Å²) in [7, 11) is 1.89. The fraction of sp³-hybridized carbons (Fsp3) is 0.0714. The zero-order valence-electron chi connectivity index (χ0n) is 10.8. The van der Waals surface area contributed by atoms with E-state index in [0.29, 0.717) is 5.15 Å². The fourth-order valence-corrected chi connectivity index (χ4v) is 2.07. The first kappa shape index (κ1) is 12.6. The second kappa shape index (κ2) is 5.30. The lowest BCUT2D eigenvalue weighted by Gasteiger charge is -2.00. The van der Waals surface area contributed by atoms with E-state index in [2.05, 4.69) is 25.7 Å². The number of benzene rings is 1. The van der Waals surface area contributed by atoms with Crippen LogP contribution in [0.1, 0.15) is 0 Å². The Labute approximate surface area is 121 Å². The molecule has 6 heteroatoms. The van der Waals surface area contributed by atoms with E-state index in [-0.39, 0.29) is 0 Å². The van der Waals surface area contributed by atoms with Gasteiger partial charge in [-0.05, 0) is 24.3 Å². The molecule has 3 aromatic rings. The van der Waals surface area contributed by atoms with Crippen molar-refractivity contribution in [2.45, 2.75) is 0 Å². The number of hydrogen-bond acceptors (Lipinski definition) is 4. The molecule has 0 radical (unpaired) electrons. The minimum atomic E-state index is 0.358. The van der Waals surface area contributed by atoms with E-state index < -0.39 is 0 Å². The number of anilines is 1. The molecule has 0 saturated heterocycles. The number of hydrogen-bond donors (Lipinski definition) is 2. The molecule has 5 nitrogen and oxygen atoms in total. The quantitative estimate of drug-likeness (QED) is 0.775. The van der Waals surface area contributed by atoms with Crippen LogP contribution >= 0.6 is 11.6 Å². The van der Waals surface area contributed by atoms with Crippen molar-refractivity contribution in [2.24, 2.45) is 0 Å². The molecule has 2 aromatic heterocycles. The average Bonchev–Trinajstić information content (AvgIpc) is 2.97. The Hall–Kier alpha value is -2.40. The summed E-state index contributed by atoms with van der Waals surface area (Å²) < 4.78 is 0. The Kier molecular flexibility index (Phi) is 3.35. The number of rotatable bonds is 3. The number of nitrogens with zero attached hydrogens (tertiary/aromatic N) is 3. The molecule has 0 unspecified atom stereocenters. The molecule has 2 heterocycles. The van der Waals surface area contributed by atoms with Crippen LogP contribution in [0.3, 0.4) is 0 Å². The Morgan fingerprint density at radius 2 is 1.90 bits per heavy atom. The van der Waals surface area contributed by atoms with Crippen molar-refractivity contribution < 1.29 is 0 Å². The molecular formula is C14H12ClN5. The van der Waals surface area contributed by atoms with Crippen LogP contribution in [-0.2, 0) is 0 Å². The predicted molar refractivity (Wildman–Crippen MR) is 79.6 cm³/mol. The smallest absolute Gasteiger partial charge is 0.152 e. The summed E-state index contributed by atoms with van der Waals surface area (Å²) in [6.45, 7) is 0. The normalized spacial score (nSPS) is 10.5. The van der Waals surface area contributed by atoms with E-state index in [1.54, 1.807) is 12.3 Å². The molecule has 0 aliphatic rings. The van der Waals surface area contributed by atoms with Crippen LogP contribution in [0.4, 0.5) is 5.69 Å². The molecule has 0 amide bonds. The van der Waals surface area contributed by atoms with Gasteiger partial charge in [-0.1, -0.05) is 23.7 Å². The number of aromatic amines is 1. The second-order valence-corrected chi connectivity index (χ2v) is 4.65. The highest BCUT2D eigenvalue weighted by Gasteiger charge is 2.07. The van der Waals surface area contributed by atoms with Gasteiger partial charge >= 0.3 is 0 Å². The van der Waals surface area contributed by atoms with E-state index in [4.69, 9.17) is 11.6 Å². The zero-order valence-corrected chi connectivity index (χ0v) is 11.5. The number of H-pyrrole nitrogens is 1. The van der Waals surface area contributed by atoms with Gasteiger partial charge < -0.3 is 5.32 Å². The molecule has 0 aliphatic carbocycles. The van der Waals surface area contributed by atoms with Crippen LogP contribution in [0.25, 0.3) is 22.5 Å². The van der Waals surface area contributed by atoms with Gasteiger partial charge in [-0.2, -0.15) is 10.2 Å². The summed E-state index contributed by atoms with van der Waals surface area (Å²) in [6.07, 6.45) is 1.65. The SMILES string of the molecule is CNc1ccc(-c2cc(-c3cnnc(Cl)c3)[nH]n2)cc1. The van der Waals surface area contributed by atoms with Crippen molar-refractivity contribution in [2.75, 3.05) is 12.4 Å². The maximum atomic E-state index is 5.84. The van der Waals surface area contributed by atoms with Crippen molar-refractivity contribution in [1.29, 1.82) is 0 Å². The lowest BCUT2D eigenvalue weighted by atomic mass is 10.1. The monoisotopic (exact) mass is 285 g/mol. The third-order valence-corrected chi connectivity index (χ3v) is 3.17. The van der Waals surface area contributed by atoms with Crippen LogP contribution in [0, 0.1) is 0 Å². The Balaban J connectivity index is 1.93. The topological polar surface area (TPSA) is 66.5 Å². The van der Waals surface area contributed by atoms with E-state index >= 15 is 0 Å². The van der Waals surface area contributed by atoms with Gasteiger partial charge in [-0.25, -0.2) is 0 Å². The van der Waals surface area contributed by atoms with Crippen LogP contribution < -0.4 is 5.32 Å². The molecule has 3 rings (SSSR count). The maximum Gasteiger partial charge on any atom is 0.152 e. The number of halogens is 1. The van der Waals surface area contributed by atoms with Gasteiger partial charge in [0.15, 0.2) is 5.15 Å². The molecule has 0 atom stereocenters. The van der Waals surface area contributed by atoms with Gasteiger partial charge in [0.2, 0.25) is 0 Å². The zero-order chi connectivity index (χ0) is 13.9. The highest BCUT2D eigenvalue weighted by Crippen LogP contribution is 2.25. The average molecular weight is 286 g/mol. The minimum absolute atomic E-state index is 0.358. The van der Waals surface area contributed by atoms with Crippen LogP contribution in [-0.4, -0.2) is 27.4 Å². The summed E-state index contributed by atoms with van der Waals surface area (Å²) >= 11 is 5.84. The largest absolute Gasteiger partial charge is 0.388 e. The lowest BCUT2D eigenvalue weighted by Crippen LogP contribution is -1.86. The van der Waals surface area contributed by atoms with Crippen molar-refractivity contribution in [1.82, 2.24) is 20.4 Å². The van der Waals surface area contributed by atoms with Crippen molar-refractivity contribution in [3.8, 4) is 22.5 Å². The second-order valence-electron chi connectivity index (χ2n) is 4.26. The summed E-state index contributed by atoms with van der Waals surface area (Å²) in [4.78, 5) is 0. The standard InChI is InChI=1S/C14H12ClN5/c1-16-11-4-2-9(3-5-11)12-7-13(19-18-12)10-6-14(15)20-17-8-10/h2-8,16H,1H3,(H,18,19). The molecule has 0 bridgehead atoms. The molecular weight excluding hydrogens is 274 g/mol. The molecule has 2 N–H and O–H groups in total. The van der Waals surface area contributed by atoms with E-state index in [1.807, 2.05) is 37.4 Å². The van der Waals surface area contributed by atoms with Crippen LogP contribution in [0.15, 0.2) is 42.6 Å². The molecule has 100 valence electrons. The molecule has 0 aliphatic heterocycles. The Morgan fingerprint density at radius 1 is 1.10 bits per heavy atom. The third-order valence-electron chi connectivity index (χ3n) is 2.98. The first-order valence-corrected chi connectivity index (χ1v) is 6.46. The van der Waals surface area contributed by atoms with Gasteiger partial charge in [-0.15, -0.1) is 5.10 Å².